The molecule has 0 bridgehead atoms. The van der Waals surface area contributed by atoms with Gasteiger partial charge in [-0.25, -0.2) is 4.68 Å². The van der Waals surface area contributed by atoms with Gasteiger partial charge in [0.2, 0.25) is 11.8 Å². The minimum Gasteiger partial charge on any atom is -0.391 e. The van der Waals surface area contributed by atoms with Crippen molar-refractivity contribution in [3.8, 4) is 0 Å². The molecule has 4 fully saturated rings. The molecule has 2 amide bonds. The molecule has 1 aliphatic carbocycles. The van der Waals surface area contributed by atoms with Crippen molar-refractivity contribution < 1.29 is 19.4 Å². The van der Waals surface area contributed by atoms with E-state index in [-0.39, 0.29) is 30.3 Å². The van der Waals surface area contributed by atoms with Crippen molar-refractivity contribution >= 4 is 11.8 Å². The Kier molecular flexibility index (Phi) is 7.13. The van der Waals surface area contributed by atoms with Crippen LogP contribution < -0.4 is 5.32 Å². The lowest BCUT2D eigenvalue weighted by molar-refractivity contribution is -0.144. The molecule has 5 rings (SSSR count). The predicted octanol–water partition coefficient (Wildman–Crippen LogP) is 1.47. The number of nitrogens with zero attached hydrogens (tertiary/aromatic N) is 5. The van der Waals surface area contributed by atoms with Gasteiger partial charge in [-0.1, -0.05) is 26.0 Å². The number of hydrogen-bond acceptors (Lipinski definition) is 7. The monoisotopic (exact) mass is 502 g/mol. The minimum absolute atomic E-state index is 0.0929. The van der Waals surface area contributed by atoms with Gasteiger partial charge in [0.25, 0.3) is 0 Å². The number of nitrogens with one attached hydrogen (secondary N) is 1. The van der Waals surface area contributed by atoms with Gasteiger partial charge in [-0.05, 0) is 57.0 Å². The maximum absolute atomic E-state index is 13.9. The summed E-state index contributed by atoms with van der Waals surface area (Å²) >= 11 is 0. The highest BCUT2D eigenvalue weighted by Gasteiger charge is 2.46. The third-order valence-electron chi connectivity index (χ3n) is 8.50. The first kappa shape index (κ1) is 25.6. The number of carbonyl (C=O) groups is 2. The van der Waals surface area contributed by atoms with E-state index in [1.54, 1.807) is 9.58 Å². The van der Waals surface area contributed by atoms with E-state index in [2.05, 4.69) is 20.5 Å². The number of carbonyl (C=O) groups excluding carboxylic acids is 2. The summed E-state index contributed by atoms with van der Waals surface area (Å²) in [5.41, 5.74) is 0.392. The summed E-state index contributed by atoms with van der Waals surface area (Å²) in [5.74, 6) is 0.0661. The second-order valence-electron chi connectivity index (χ2n) is 12.3. The van der Waals surface area contributed by atoms with Gasteiger partial charge in [-0.3, -0.25) is 14.5 Å². The Morgan fingerprint density at radius 2 is 1.92 bits per heavy atom. The zero-order chi connectivity index (χ0) is 25.5. The van der Waals surface area contributed by atoms with E-state index in [1.165, 1.54) is 12.8 Å². The molecule has 1 aromatic heterocycles. The number of rotatable bonds is 7. The molecule has 3 aliphatic heterocycles. The molecular formula is C26H42N6O4. The topological polar surface area (TPSA) is 113 Å². The van der Waals surface area contributed by atoms with E-state index in [1.807, 2.05) is 27.0 Å². The number of aliphatic hydroxyl groups is 1. The summed E-state index contributed by atoms with van der Waals surface area (Å²) in [4.78, 5) is 31.5. The molecule has 4 aliphatic rings. The Balaban J connectivity index is 1.31. The molecule has 0 spiro atoms. The molecule has 0 radical (unpaired) electrons. The van der Waals surface area contributed by atoms with Crippen molar-refractivity contribution in [2.24, 2.45) is 5.41 Å². The zero-order valence-corrected chi connectivity index (χ0v) is 22.0. The first-order valence-electron chi connectivity index (χ1n) is 13.7. The standard InChI is InChI=1S/C26H42N6O4/c1-25(2,3)22(32-16-20(28-29-32)18-6-7-18)24(35)31-15-19(33)14-21(31)23(34)27-17-26(8-12-36-13-9-26)30-10-4-5-11-30/h16,18-19,21-22,33H,4-15,17H2,1-3H3,(H,27,34)/t19-,21+,22-/m1/s1. The van der Waals surface area contributed by atoms with Crippen LogP contribution in [0.1, 0.15) is 83.4 Å². The SMILES string of the molecule is CC(C)(C)[C@@H](C(=O)N1C[C@H](O)C[C@H]1C(=O)NCC1(N2CCCC2)CCOCC1)n1cc(C2CC2)nn1. The van der Waals surface area contributed by atoms with Crippen LogP contribution in [0.25, 0.3) is 0 Å². The van der Waals surface area contributed by atoms with Crippen LogP contribution in [0.5, 0.6) is 0 Å². The van der Waals surface area contributed by atoms with Crippen molar-refractivity contribution in [2.75, 3.05) is 39.4 Å². The number of ether oxygens (including phenoxy) is 1. The Labute approximate surface area is 213 Å². The largest absolute Gasteiger partial charge is 0.391 e. The van der Waals surface area contributed by atoms with E-state index >= 15 is 0 Å². The first-order chi connectivity index (χ1) is 17.2. The lowest BCUT2D eigenvalue weighted by Crippen LogP contribution is -2.59. The van der Waals surface area contributed by atoms with Crippen LogP contribution in [0.2, 0.25) is 0 Å². The third-order valence-corrected chi connectivity index (χ3v) is 8.50. The number of likely N-dealkylation sites (tertiary alicyclic amines) is 2. The normalized spacial score (nSPS) is 27.8. The molecule has 36 heavy (non-hydrogen) atoms. The van der Waals surface area contributed by atoms with Crippen LogP contribution in [0.15, 0.2) is 6.20 Å². The third kappa shape index (κ3) is 5.17. The van der Waals surface area contributed by atoms with Gasteiger partial charge in [0.1, 0.15) is 12.1 Å². The zero-order valence-electron chi connectivity index (χ0n) is 22.0. The highest BCUT2D eigenvalue weighted by molar-refractivity contribution is 5.90. The Morgan fingerprint density at radius 1 is 1.22 bits per heavy atom. The molecule has 4 heterocycles. The average molecular weight is 503 g/mol. The van der Waals surface area contributed by atoms with Gasteiger partial charge in [-0.15, -0.1) is 5.10 Å². The predicted molar refractivity (Wildman–Crippen MR) is 133 cm³/mol. The van der Waals surface area contributed by atoms with Gasteiger partial charge in [0.05, 0.1) is 11.8 Å². The van der Waals surface area contributed by atoms with Crippen LogP contribution in [-0.4, -0.2) is 98.8 Å². The fourth-order valence-electron chi connectivity index (χ4n) is 6.24. The lowest BCUT2D eigenvalue weighted by atomic mass is 9.85. The van der Waals surface area contributed by atoms with Crippen molar-refractivity contribution in [2.45, 2.75) is 95.4 Å². The van der Waals surface area contributed by atoms with Gasteiger partial charge in [0.15, 0.2) is 0 Å². The number of hydrogen-bond donors (Lipinski definition) is 2. The molecule has 10 heteroatoms. The summed E-state index contributed by atoms with van der Waals surface area (Å²) in [7, 11) is 0. The highest BCUT2D eigenvalue weighted by Crippen LogP contribution is 2.40. The van der Waals surface area contributed by atoms with Crippen LogP contribution in [-0.2, 0) is 14.3 Å². The summed E-state index contributed by atoms with van der Waals surface area (Å²) in [6, 6.07) is -1.30. The van der Waals surface area contributed by atoms with Gasteiger partial charge in [0, 0.05) is 50.4 Å². The Bertz CT molecular complexity index is 942. The minimum atomic E-state index is -0.723. The Hall–Kier alpha value is -2.04. The molecule has 10 nitrogen and oxygen atoms in total. The van der Waals surface area contributed by atoms with E-state index in [0.29, 0.717) is 25.7 Å². The number of β-amino-alcohol motifs (C(OH)–C–C–N with tert-alkyl or cyclic N) is 1. The maximum atomic E-state index is 13.9. The molecule has 2 N–H and O–H groups in total. The van der Waals surface area contributed by atoms with Crippen LogP contribution in [0.4, 0.5) is 0 Å². The first-order valence-corrected chi connectivity index (χ1v) is 13.7. The highest BCUT2D eigenvalue weighted by atomic mass is 16.5. The number of aromatic nitrogens is 3. The second-order valence-corrected chi connectivity index (χ2v) is 12.3. The fourth-order valence-corrected chi connectivity index (χ4v) is 6.24. The maximum Gasteiger partial charge on any atom is 0.248 e. The lowest BCUT2D eigenvalue weighted by Gasteiger charge is -2.45. The van der Waals surface area contributed by atoms with E-state index in [0.717, 1.165) is 44.5 Å². The van der Waals surface area contributed by atoms with Gasteiger partial charge < -0.3 is 20.1 Å². The molecule has 200 valence electrons. The number of amides is 2. The molecule has 3 saturated heterocycles. The van der Waals surface area contributed by atoms with E-state index in [9.17, 15) is 14.7 Å². The molecule has 1 aromatic rings. The van der Waals surface area contributed by atoms with Crippen molar-refractivity contribution in [3.63, 3.8) is 0 Å². The van der Waals surface area contributed by atoms with Gasteiger partial charge >= 0.3 is 0 Å². The summed E-state index contributed by atoms with van der Waals surface area (Å²) in [6.45, 7) is 10.2. The summed E-state index contributed by atoms with van der Waals surface area (Å²) in [5, 5.41) is 22.3. The summed E-state index contributed by atoms with van der Waals surface area (Å²) < 4.78 is 7.30. The molecule has 0 aromatic carbocycles. The quantitative estimate of drug-likeness (QED) is 0.581. The van der Waals surface area contributed by atoms with Gasteiger partial charge in [-0.2, -0.15) is 0 Å². The molecule has 3 atom stereocenters. The van der Waals surface area contributed by atoms with Crippen molar-refractivity contribution in [1.29, 1.82) is 0 Å². The fraction of sp³-hybridized carbons (Fsp3) is 0.846. The smallest absolute Gasteiger partial charge is 0.248 e. The van der Waals surface area contributed by atoms with Crippen LogP contribution >= 0.6 is 0 Å². The van der Waals surface area contributed by atoms with Crippen LogP contribution in [0.3, 0.4) is 0 Å². The number of aliphatic hydroxyl groups excluding tert-OH is 1. The van der Waals surface area contributed by atoms with Crippen molar-refractivity contribution in [3.05, 3.63) is 11.9 Å². The molecular weight excluding hydrogens is 460 g/mol. The van der Waals surface area contributed by atoms with E-state index < -0.39 is 23.6 Å². The summed E-state index contributed by atoms with van der Waals surface area (Å²) in [6.07, 6.45) is 7.79. The van der Waals surface area contributed by atoms with Crippen LogP contribution in [0, 0.1) is 5.41 Å². The second kappa shape index (κ2) is 10.0. The Morgan fingerprint density at radius 3 is 2.56 bits per heavy atom. The van der Waals surface area contributed by atoms with E-state index in [4.69, 9.17) is 4.74 Å². The van der Waals surface area contributed by atoms with Crippen molar-refractivity contribution in [1.82, 2.24) is 30.1 Å². The molecule has 0 unspecified atom stereocenters. The molecule has 1 saturated carbocycles. The average Bonchev–Trinajstić information content (AvgIpc) is 3.22.